The van der Waals surface area contributed by atoms with Gasteiger partial charge in [-0.2, -0.15) is 0 Å². The van der Waals surface area contributed by atoms with Gasteiger partial charge in [0.1, 0.15) is 0 Å². The molecule has 17 heavy (non-hydrogen) atoms. The fourth-order valence-electron chi connectivity index (χ4n) is 2.50. The summed E-state index contributed by atoms with van der Waals surface area (Å²) >= 11 is 5.10. The Kier molecular flexibility index (Phi) is 4.80. The third-order valence-corrected chi connectivity index (χ3v) is 5.73. The summed E-state index contributed by atoms with van der Waals surface area (Å²) in [7, 11) is 0. The summed E-state index contributed by atoms with van der Waals surface area (Å²) in [5, 5.41) is 0. The normalized spacial score (nSPS) is 18.7. The highest BCUT2D eigenvalue weighted by Crippen LogP contribution is 2.32. The Morgan fingerprint density at radius 2 is 1.82 bits per heavy atom. The van der Waals surface area contributed by atoms with E-state index in [-0.39, 0.29) is 5.92 Å². The SMILES string of the molecule is Cc1cc(C(=O)C2CCCCCCC2)sc1Br. The molecule has 0 N–H and O–H groups in total. The van der Waals surface area contributed by atoms with Gasteiger partial charge in [-0.05, 0) is 47.3 Å². The summed E-state index contributed by atoms with van der Waals surface area (Å²) in [4.78, 5) is 13.4. The molecule has 2 rings (SSSR count). The maximum absolute atomic E-state index is 12.4. The lowest BCUT2D eigenvalue weighted by Gasteiger charge is -2.17. The summed E-state index contributed by atoms with van der Waals surface area (Å²) in [5.41, 5.74) is 1.18. The molecule has 0 spiro atoms. The second-order valence-corrected chi connectivity index (χ2v) is 7.34. The van der Waals surface area contributed by atoms with E-state index in [2.05, 4.69) is 22.9 Å². The molecule has 1 aromatic rings. The van der Waals surface area contributed by atoms with Crippen LogP contribution in [0.3, 0.4) is 0 Å². The monoisotopic (exact) mass is 314 g/mol. The first kappa shape index (κ1) is 13.3. The van der Waals surface area contributed by atoms with Gasteiger partial charge in [-0.1, -0.05) is 32.1 Å². The van der Waals surface area contributed by atoms with Gasteiger partial charge in [0.15, 0.2) is 5.78 Å². The minimum absolute atomic E-state index is 0.278. The molecule has 0 saturated heterocycles. The molecule has 1 aliphatic rings. The Hall–Kier alpha value is -0.150. The van der Waals surface area contributed by atoms with Crippen LogP contribution in [0.5, 0.6) is 0 Å². The zero-order chi connectivity index (χ0) is 12.3. The quantitative estimate of drug-likeness (QED) is 0.671. The highest BCUT2D eigenvalue weighted by Gasteiger charge is 2.22. The molecule has 0 aliphatic heterocycles. The number of hydrogen-bond donors (Lipinski definition) is 0. The Morgan fingerprint density at radius 1 is 1.24 bits per heavy atom. The van der Waals surface area contributed by atoms with Gasteiger partial charge in [0.25, 0.3) is 0 Å². The Bertz CT molecular complexity index is 369. The van der Waals surface area contributed by atoms with E-state index in [4.69, 9.17) is 0 Å². The number of Topliss-reactive ketones (excluding diaryl/α,β-unsaturated/α-hetero) is 1. The maximum atomic E-state index is 12.4. The van der Waals surface area contributed by atoms with Crippen molar-refractivity contribution in [2.24, 2.45) is 5.92 Å². The van der Waals surface area contributed by atoms with Gasteiger partial charge < -0.3 is 0 Å². The smallest absolute Gasteiger partial charge is 0.175 e. The largest absolute Gasteiger partial charge is 0.293 e. The van der Waals surface area contributed by atoms with Crippen molar-refractivity contribution in [1.82, 2.24) is 0 Å². The molecule has 0 radical (unpaired) electrons. The topological polar surface area (TPSA) is 17.1 Å². The molecular formula is C14H19BrOS. The predicted molar refractivity (Wildman–Crippen MR) is 76.9 cm³/mol. The van der Waals surface area contributed by atoms with Crippen molar-refractivity contribution in [3.8, 4) is 0 Å². The molecule has 0 amide bonds. The van der Waals surface area contributed by atoms with Crippen molar-refractivity contribution < 1.29 is 4.79 Å². The highest BCUT2D eigenvalue weighted by atomic mass is 79.9. The Labute approximate surface area is 116 Å². The fourth-order valence-corrected chi connectivity index (χ4v) is 4.05. The van der Waals surface area contributed by atoms with Crippen molar-refractivity contribution in [3.05, 3.63) is 20.3 Å². The van der Waals surface area contributed by atoms with Crippen LogP contribution in [0.25, 0.3) is 0 Å². The number of carbonyl (C=O) groups is 1. The van der Waals surface area contributed by atoms with Gasteiger partial charge in [0, 0.05) is 5.92 Å². The summed E-state index contributed by atoms with van der Waals surface area (Å²) < 4.78 is 1.10. The maximum Gasteiger partial charge on any atom is 0.175 e. The molecule has 1 heterocycles. The van der Waals surface area contributed by atoms with Crippen molar-refractivity contribution in [1.29, 1.82) is 0 Å². The van der Waals surface area contributed by atoms with E-state index in [1.54, 1.807) is 11.3 Å². The molecular weight excluding hydrogens is 296 g/mol. The first-order valence-corrected chi connectivity index (χ1v) is 8.09. The lowest BCUT2D eigenvalue weighted by molar-refractivity contribution is 0.0902. The van der Waals surface area contributed by atoms with Crippen molar-refractivity contribution in [3.63, 3.8) is 0 Å². The van der Waals surface area contributed by atoms with E-state index < -0.39 is 0 Å². The lowest BCUT2D eigenvalue weighted by Crippen LogP contribution is -2.15. The molecule has 3 heteroatoms. The predicted octanol–water partition coefficient (Wildman–Crippen LogP) is 5.36. The van der Waals surface area contributed by atoms with Gasteiger partial charge in [0.2, 0.25) is 0 Å². The van der Waals surface area contributed by atoms with E-state index in [9.17, 15) is 4.79 Å². The number of hydrogen-bond acceptors (Lipinski definition) is 2. The van der Waals surface area contributed by atoms with Gasteiger partial charge >= 0.3 is 0 Å². The standard InChI is InChI=1S/C14H19BrOS/c1-10-9-12(17-14(10)15)13(16)11-7-5-3-2-4-6-8-11/h9,11H,2-8H2,1H3. The van der Waals surface area contributed by atoms with Crippen LogP contribution in [-0.4, -0.2) is 5.78 Å². The van der Waals surface area contributed by atoms with Gasteiger partial charge in [-0.3, -0.25) is 4.79 Å². The number of carbonyl (C=O) groups excluding carboxylic acids is 1. The summed E-state index contributed by atoms with van der Waals surface area (Å²) in [6.45, 7) is 2.05. The van der Waals surface area contributed by atoms with Crippen LogP contribution in [0.1, 0.15) is 60.2 Å². The van der Waals surface area contributed by atoms with Crippen molar-refractivity contribution in [2.45, 2.75) is 51.9 Å². The van der Waals surface area contributed by atoms with Crippen LogP contribution in [0, 0.1) is 12.8 Å². The average molecular weight is 315 g/mol. The third-order valence-electron chi connectivity index (χ3n) is 3.58. The van der Waals surface area contributed by atoms with Crippen LogP contribution in [-0.2, 0) is 0 Å². The number of halogens is 1. The first-order chi connectivity index (χ1) is 8.18. The Balaban J connectivity index is 2.06. The summed E-state index contributed by atoms with van der Waals surface area (Å²) in [6.07, 6.45) is 8.59. The first-order valence-electron chi connectivity index (χ1n) is 6.48. The van der Waals surface area contributed by atoms with Gasteiger partial charge in [0.05, 0.1) is 8.66 Å². The third kappa shape index (κ3) is 3.41. The zero-order valence-corrected chi connectivity index (χ0v) is 12.7. The average Bonchev–Trinajstić information content (AvgIpc) is 2.58. The molecule has 1 nitrogen and oxygen atoms in total. The number of thiophene rings is 1. The minimum Gasteiger partial charge on any atom is -0.293 e. The van der Waals surface area contributed by atoms with Crippen molar-refractivity contribution in [2.75, 3.05) is 0 Å². The summed E-state index contributed by atoms with van der Waals surface area (Å²) in [6, 6.07) is 2.04. The molecule has 0 atom stereocenters. The molecule has 0 bridgehead atoms. The lowest BCUT2D eigenvalue weighted by atomic mass is 9.87. The van der Waals surface area contributed by atoms with E-state index in [0.29, 0.717) is 5.78 Å². The van der Waals surface area contributed by atoms with E-state index in [0.717, 1.165) is 21.5 Å². The van der Waals surface area contributed by atoms with Crippen LogP contribution in [0.4, 0.5) is 0 Å². The van der Waals surface area contributed by atoms with Crippen LogP contribution < -0.4 is 0 Å². The summed E-state index contributed by atoms with van der Waals surface area (Å²) in [5.74, 6) is 0.658. The van der Waals surface area contributed by atoms with E-state index in [1.807, 2.05) is 6.07 Å². The molecule has 0 unspecified atom stereocenters. The second-order valence-electron chi connectivity index (χ2n) is 4.97. The molecule has 1 aliphatic carbocycles. The number of aryl methyl sites for hydroxylation is 1. The molecule has 0 aromatic carbocycles. The van der Waals surface area contributed by atoms with Crippen LogP contribution >= 0.6 is 27.3 Å². The number of rotatable bonds is 2. The minimum atomic E-state index is 0.278. The van der Waals surface area contributed by atoms with Crippen molar-refractivity contribution >= 4 is 33.0 Å². The molecule has 1 saturated carbocycles. The van der Waals surface area contributed by atoms with Crippen LogP contribution in [0.15, 0.2) is 9.85 Å². The molecule has 1 aromatic heterocycles. The van der Waals surface area contributed by atoms with Gasteiger partial charge in [-0.15, -0.1) is 11.3 Å². The number of ketones is 1. The molecule has 1 fully saturated rings. The highest BCUT2D eigenvalue weighted by molar-refractivity contribution is 9.11. The Morgan fingerprint density at radius 3 is 2.35 bits per heavy atom. The van der Waals surface area contributed by atoms with Gasteiger partial charge in [-0.25, -0.2) is 0 Å². The van der Waals surface area contributed by atoms with Crippen LogP contribution in [0.2, 0.25) is 0 Å². The second kappa shape index (κ2) is 6.14. The fraction of sp³-hybridized carbons (Fsp3) is 0.643. The zero-order valence-electron chi connectivity index (χ0n) is 10.3. The molecule has 94 valence electrons. The van der Waals surface area contributed by atoms with E-state index in [1.165, 1.54) is 37.7 Å². The van der Waals surface area contributed by atoms with E-state index >= 15 is 0 Å².